The van der Waals surface area contributed by atoms with Crippen LogP contribution in [0.5, 0.6) is 11.7 Å². The van der Waals surface area contributed by atoms with Gasteiger partial charge in [0.2, 0.25) is 5.91 Å². The summed E-state index contributed by atoms with van der Waals surface area (Å²) in [5, 5.41) is 11.7. The van der Waals surface area contributed by atoms with Crippen LogP contribution < -0.4 is 10.1 Å². The number of ether oxygens (including phenoxy) is 1. The maximum atomic E-state index is 13.1. The number of benzene rings is 1. The molecule has 0 spiro atoms. The van der Waals surface area contributed by atoms with Crippen molar-refractivity contribution in [3.8, 4) is 11.7 Å². The molecule has 0 aliphatic carbocycles. The number of carbonyl (C=O) groups is 2. The van der Waals surface area contributed by atoms with Gasteiger partial charge in [0.1, 0.15) is 11.6 Å². The number of fused-ring (bicyclic) bond motifs is 1. The van der Waals surface area contributed by atoms with Gasteiger partial charge in [-0.3, -0.25) is 9.59 Å². The molecule has 2 amide bonds. The molecule has 0 fully saturated rings. The Kier molecular flexibility index (Phi) is 6.76. The quantitative estimate of drug-likeness (QED) is 0.589. The average Bonchev–Trinajstić information content (AvgIpc) is 3.35. The van der Waals surface area contributed by atoms with Gasteiger partial charge in [0, 0.05) is 39.0 Å². The van der Waals surface area contributed by atoms with E-state index < -0.39 is 0 Å². The average molecular weight is 452 g/mol. The molecule has 1 aliphatic heterocycles. The van der Waals surface area contributed by atoms with Gasteiger partial charge in [-0.2, -0.15) is 0 Å². The van der Waals surface area contributed by atoms with E-state index in [1.54, 1.807) is 17.0 Å². The minimum absolute atomic E-state index is 0.102. The lowest BCUT2D eigenvalue weighted by atomic mass is 10.0. The van der Waals surface area contributed by atoms with Crippen LogP contribution in [-0.2, 0) is 17.8 Å². The van der Waals surface area contributed by atoms with Crippen molar-refractivity contribution >= 4 is 11.8 Å². The number of furan rings is 1. The molecule has 0 radical (unpaired) electrons. The number of amides is 2. The van der Waals surface area contributed by atoms with Crippen LogP contribution in [0.25, 0.3) is 0 Å². The number of hydrogen-bond acceptors (Lipinski definition) is 6. The lowest BCUT2D eigenvalue weighted by Crippen LogP contribution is -2.34. The van der Waals surface area contributed by atoms with Crippen LogP contribution in [0, 0.1) is 5.92 Å². The van der Waals surface area contributed by atoms with E-state index in [9.17, 15) is 9.59 Å². The lowest BCUT2D eigenvalue weighted by Gasteiger charge is -2.21. The summed E-state index contributed by atoms with van der Waals surface area (Å²) in [5.74, 6) is 2.77. The Morgan fingerprint density at radius 3 is 2.61 bits per heavy atom. The lowest BCUT2D eigenvalue weighted by molar-refractivity contribution is -0.119. The molecule has 174 valence electrons. The third-order valence-electron chi connectivity index (χ3n) is 5.49. The normalized spacial score (nSPS) is 14.5. The zero-order valence-corrected chi connectivity index (χ0v) is 19.2. The van der Waals surface area contributed by atoms with Crippen molar-refractivity contribution in [2.45, 2.75) is 46.2 Å². The summed E-state index contributed by atoms with van der Waals surface area (Å²) in [4.78, 5) is 26.6. The zero-order chi connectivity index (χ0) is 23.4. The summed E-state index contributed by atoms with van der Waals surface area (Å²) in [6.45, 7) is 7.25. The third-order valence-corrected chi connectivity index (χ3v) is 5.49. The maximum Gasteiger partial charge on any atom is 0.290 e. The predicted molar refractivity (Wildman–Crippen MR) is 121 cm³/mol. The summed E-state index contributed by atoms with van der Waals surface area (Å²) < 4.78 is 13.4. The second-order valence-corrected chi connectivity index (χ2v) is 8.58. The smallest absolute Gasteiger partial charge is 0.290 e. The van der Waals surface area contributed by atoms with E-state index in [0.29, 0.717) is 37.7 Å². The van der Waals surface area contributed by atoms with Crippen molar-refractivity contribution in [3.05, 3.63) is 59.9 Å². The molecule has 9 nitrogen and oxygen atoms in total. The number of nitrogens with zero attached hydrogens (tertiary/aromatic N) is 4. The zero-order valence-electron chi connectivity index (χ0n) is 19.2. The van der Waals surface area contributed by atoms with Gasteiger partial charge in [-0.1, -0.05) is 32.0 Å². The van der Waals surface area contributed by atoms with Gasteiger partial charge in [0.05, 0.1) is 6.04 Å². The molecule has 9 heteroatoms. The number of rotatable bonds is 7. The SMILES string of the molecule is CC(=O)N[C@@H](CC(C)C)c1nnc2n1CCN(C(=O)c1ccc(Oc3ccccc3)o1)CC2. The van der Waals surface area contributed by atoms with Gasteiger partial charge in [-0.15, -0.1) is 10.2 Å². The number of carbonyl (C=O) groups excluding carboxylic acids is 2. The Morgan fingerprint density at radius 2 is 1.88 bits per heavy atom. The van der Waals surface area contributed by atoms with Crippen molar-refractivity contribution in [3.63, 3.8) is 0 Å². The standard InChI is InChI=1S/C24H29N5O4/c1-16(2)15-19(25-17(3)30)23-27-26-21-11-12-28(13-14-29(21)23)24(31)20-9-10-22(33-20)32-18-7-5-4-6-8-18/h4-10,16,19H,11-15H2,1-3H3,(H,25,30)/t19-/m0/s1. The highest BCUT2D eigenvalue weighted by Crippen LogP contribution is 2.25. The van der Waals surface area contributed by atoms with Gasteiger partial charge >= 0.3 is 0 Å². The fourth-order valence-corrected chi connectivity index (χ4v) is 4.00. The Labute approximate surface area is 192 Å². The Hall–Kier alpha value is -3.62. The van der Waals surface area contributed by atoms with E-state index in [-0.39, 0.29) is 29.6 Å². The molecule has 0 bridgehead atoms. The Bertz CT molecular complexity index is 1110. The van der Waals surface area contributed by atoms with Crippen LogP contribution in [0.2, 0.25) is 0 Å². The molecule has 1 aliphatic rings. The highest BCUT2D eigenvalue weighted by Gasteiger charge is 2.28. The molecule has 3 heterocycles. The van der Waals surface area contributed by atoms with E-state index in [4.69, 9.17) is 9.15 Å². The van der Waals surface area contributed by atoms with E-state index >= 15 is 0 Å². The van der Waals surface area contributed by atoms with E-state index in [1.807, 2.05) is 34.9 Å². The number of hydrogen-bond donors (Lipinski definition) is 1. The van der Waals surface area contributed by atoms with Crippen molar-refractivity contribution in [1.29, 1.82) is 0 Å². The first-order valence-corrected chi connectivity index (χ1v) is 11.2. The summed E-state index contributed by atoms with van der Waals surface area (Å²) in [5.41, 5.74) is 0. The van der Waals surface area contributed by atoms with Crippen molar-refractivity contribution in [2.75, 3.05) is 13.1 Å². The van der Waals surface area contributed by atoms with Crippen LogP contribution in [0.1, 0.15) is 55.4 Å². The molecule has 0 saturated carbocycles. The van der Waals surface area contributed by atoms with Gasteiger partial charge < -0.3 is 23.9 Å². The number of para-hydroxylation sites is 1. The molecular formula is C24H29N5O4. The van der Waals surface area contributed by atoms with E-state index in [0.717, 1.165) is 18.1 Å². The predicted octanol–water partition coefficient (Wildman–Crippen LogP) is 3.59. The monoisotopic (exact) mass is 451 g/mol. The summed E-state index contributed by atoms with van der Waals surface area (Å²) in [7, 11) is 0. The molecule has 1 atom stereocenters. The molecule has 3 aromatic rings. The second-order valence-electron chi connectivity index (χ2n) is 8.58. The molecule has 2 aromatic heterocycles. The van der Waals surface area contributed by atoms with Crippen LogP contribution >= 0.6 is 0 Å². The molecule has 1 N–H and O–H groups in total. The minimum atomic E-state index is -0.214. The molecule has 0 unspecified atom stereocenters. The van der Waals surface area contributed by atoms with Crippen LogP contribution in [0.4, 0.5) is 0 Å². The summed E-state index contributed by atoms with van der Waals surface area (Å²) >= 11 is 0. The molecule has 0 saturated heterocycles. The maximum absolute atomic E-state index is 13.1. The van der Waals surface area contributed by atoms with Crippen LogP contribution in [-0.4, -0.2) is 44.6 Å². The highest BCUT2D eigenvalue weighted by molar-refractivity contribution is 5.91. The first kappa shape index (κ1) is 22.6. The van der Waals surface area contributed by atoms with E-state index in [2.05, 4.69) is 29.4 Å². The van der Waals surface area contributed by atoms with E-state index in [1.165, 1.54) is 6.92 Å². The van der Waals surface area contributed by atoms with Gasteiger partial charge in [-0.25, -0.2) is 0 Å². The molecule has 1 aromatic carbocycles. The van der Waals surface area contributed by atoms with Gasteiger partial charge in [-0.05, 0) is 30.5 Å². The third kappa shape index (κ3) is 5.42. The van der Waals surface area contributed by atoms with Crippen molar-refractivity contribution in [1.82, 2.24) is 25.0 Å². The van der Waals surface area contributed by atoms with Crippen molar-refractivity contribution < 1.29 is 18.7 Å². The van der Waals surface area contributed by atoms with Crippen LogP contribution in [0.15, 0.2) is 46.9 Å². The fourth-order valence-electron chi connectivity index (χ4n) is 4.00. The highest BCUT2D eigenvalue weighted by atomic mass is 16.6. The first-order chi connectivity index (χ1) is 15.9. The molecule has 4 rings (SSSR count). The minimum Gasteiger partial charge on any atom is -0.426 e. The first-order valence-electron chi connectivity index (χ1n) is 11.2. The van der Waals surface area contributed by atoms with Crippen molar-refractivity contribution in [2.24, 2.45) is 5.92 Å². The Balaban J connectivity index is 1.45. The topological polar surface area (TPSA) is 102 Å². The fraction of sp³-hybridized carbons (Fsp3) is 0.417. The Morgan fingerprint density at radius 1 is 1.09 bits per heavy atom. The van der Waals surface area contributed by atoms with Crippen LogP contribution in [0.3, 0.4) is 0 Å². The number of aromatic nitrogens is 3. The largest absolute Gasteiger partial charge is 0.426 e. The summed E-state index contributed by atoms with van der Waals surface area (Å²) in [6.07, 6.45) is 1.33. The second kappa shape index (κ2) is 9.89. The van der Waals surface area contributed by atoms with Gasteiger partial charge in [0.15, 0.2) is 11.6 Å². The molecular weight excluding hydrogens is 422 g/mol. The summed E-state index contributed by atoms with van der Waals surface area (Å²) in [6, 6.07) is 12.3. The molecule has 33 heavy (non-hydrogen) atoms. The number of nitrogens with one attached hydrogen (secondary N) is 1. The van der Waals surface area contributed by atoms with Gasteiger partial charge in [0.25, 0.3) is 11.9 Å².